The first-order chi connectivity index (χ1) is 10.8. The van der Waals surface area contributed by atoms with Gasteiger partial charge < -0.3 is 21.3 Å². The second-order valence-corrected chi connectivity index (χ2v) is 5.57. The molecule has 1 atom stereocenters. The smallest absolute Gasteiger partial charge is 0.230 e. The Kier molecular flexibility index (Phi) is 7.45. The van der Waals surface area contributed by atoms with Crippen LogP contribution in [0.4, 0.5) is 0 Å². The summed E-state index contributed by atoms with van der Waals surface area (Å²) in [6.45, 7) is 6.31. The van der Waals surface area contributed by atoms with Gasteiger partial charge in [0.2, 0.25) is 11.6 Å². The Labute approximate surface area is 131 Å². The molecule has 0 aromatic heterocycles. The van der Waals surface area contributed by atoms with E-state index in [4.69, 9.17) is 0 Å². The molecule has 22 heavy (non-hydrogen) atoms. The van der Waals surface area contributed by atoms with Gasteiger partial charge in [0.05, 0.1) is 0 Å². The highest BCUT2D eigenvalue weighted by Crippen LogP contribution is 2.13. The topological polar surface area (TPSA) is 82.3 Å². The molecule has 1 heterocycles. The van der Waals surface area contributed by atoms with Crippen molar-refractivity contribution in [2.24, 2.45) is 0 Å². The van der Waals surface area contributed by atoms with Crippen molar-refractivity contribution < 1.29 is 9.59 Å². The van der Waals surface area contributed by atoms with Crippen molar-refractivity contribution in [1.29, 1.82) is 0 Å². The van der Waals surface area contributed by atoms with Crippen LogP contribution in [-0.2, 0) is 9.59 Å². The van der Waals surface area contributed by atoms with Crippen molar-refractivity contribution in [3.8, 4) is 0 Å². The lowest BCUT2D eigenvalue weighted by Gasteiger charge is -2.22. The minimum atomic E-state index is -0.422. The number of Topliss-reactive ketones (excluding diaryl/α,β-unsaturated/α-hetero) is 1. The Hall–Kier alpha value is -1.34. The lowest BCUT2D eigenvalue weighted by molar-refractivity contribution is -0.131. The predicted molar refractivity (Wildman–Crippen MR) is 86.9 cm³/mol. The average molecular weight is 306 g/mol. The van der Waals surface area contributed by atoms with E-state index in [-0.39, 0.29) is 11.8 Å². The lowest BCUT2D eigenvalue weighted by Crippen LogP contribution is -2.42. The zero-order chi connectivity index (χ0) is 15.6. The first-order valence-corrected chi connectivity index (χ1v) is 8.11. The lowest BCUT2D eigenvalue weighted by atomic mass is 9.93. The third kappa shape index (κ3) is 5.46. The van der Waals surface area contributed by atoms with Crippen LogP contribution in [0, 0.1) is 0 Å². The molecule has 0 bridgehead atoms. The van der Waals surface area contributed by atoms with E-state index in [1.165, 1.54) is 6.08 Å². The summed E-state index contributed by atoms with van der Waals surface area (Å²) < 4.78 is 0. The third-order valence-corrected chi connectivity index (χ3v) is 3.87. The SMILES string of the molecule is O=C1C=CC=C(C2CCNCCNCCCNCCN2)C1=O. The molecule has 1 fully saturated rings. The van der Waals surface area contributed by atoms with E-state index >= 15 is 0 Å². The first kappa shape index (κ1) is 17.0. The van der Waals surface area contributed by atoms with E-state index in [1.54, 1.807) is 12.2 Å². The van der Waals surface area contributed by atoms with E-state index in [2.05, 4.69) is 21.3 Å². The molecule has 2 aliphatic rings. The standard InChI is InChI=1S/C16H26N4O2/c21-15-4-1-3-13(16(15)22)14-5-8-19-10-9-17-6-2-7-18-11-12-20-14/h1,3-4,14,17-20H,2,5-12H2. The molecule has 6 heteroatoms. The van der Waals surface area contributed by atoms with E-state index < -0.39 is 5.78 Å². The number of hydrogen-bond acceptors (Lipinski definition) is 6. The molecule has 1 saturated heterocycles. The summed E-state index contributed by atoms with van der Waals surface area (Å²) >= 11 is 0. The van der Waals surface area contributed by atoms with Crippen molar-refractivity contribution in [3.63, 3.8) is 0 Å². The molecule has 122 valence electrons. The zero-order valence-corrected chi connectivity index (χ0v) is 13.0. The van der Waals surface area contributed by atoms with E-state index in [1.807, 2.05) is 0 Å². The zero-order valence-electron chi connectivity index (χ0n) is 13.0. The summed E-state index contributed by atoms with van der Waals surface area (Å²) in [5, 5.41) is 13.5. The van der Waals surface area contributed by atoms with Gasteiger partial charge in [-0.1, -0.05) is 12.2 Å². The normalized spacial score (nSPS) is 26.4. The first-order valence-electron chi connectivity index (χ1n) is 8.11. The fraction of sp³-hybridized carbons (Fsp3) is 0.625. The molecule has 1 aliphatic heterocycles. The Morgan fingerprint density at radius 2 is 1.55 bits per heavy atom. The molecule has 0 aromatic carbocycles. The van der Waals surface area contributed by atoms with Crippen molar-refractivity contribution in [1.82, 2.24) is 21.3 Å². The minimum Gasteiger partial charge on any atom is -0.315 e. The summed E-state index contributed by atoms with van der Waals surface area (Å²) in [6, 6.07) is -0.0772. The molecule has 0 radical (unpaired) electrons. The molecular weight excluding hydrogens is 280 g/mol. The van der Waals surface area contributed by atoms with Gasteiger partial charge >= 0.3 is 0 Å². The van der Waals surface area contributed by atoms with Crippen LogP contribution in [0.2, 0.25) is 0 Å². The number of allylic oxidation sites excluding steroid dienone is 3. The van der Waals surface area contributed by atoms with Gasteiger partial charge in [-0.15, -0.1) is 0 Å². The fourth-order valence-corrected chi connectivity index (χ4v) is 2.65. The van der Waals surface area contributed by atoms with Gasteiger partial charge in [0.1, 0.15) is 0 Å². The van der Waals surface area contributed by atoms with E-state index in [9.17, 15) is 9.59 Å². The number of carbonyl (C=O) groups excluding carboxylic acids is 2. The van der Waals surface area contributed by atoms with Crippen molar-refractivity contribution in [3.05, 3.63) is 23.8 Å². The molecule has 0 spiro atoms. The van der Waals surface area contributed by atoms with Gasteiger partial charge in [0, 0.05) is 37.8 Å². The number of hydrogen-bond donors (Lipinski definition) is 4. The highest BCUT2D eigenvalue weighted by Gasteiger charge is 2.25. The predicted octanol–water partition coefficient (Wildman–Crippen LogP) is -0.858. The second-order valence-electron chi connectivity index (χ2n) is 5.57. The molecule has 2 rings (SSSR count). The Morgan fingerprint density at radius 3 is 2.32 bits per heavy atom. The summed E-state index contributed by atoms with van der Waals surface area (Å²) in [7, 11) is 0. The molecule has 1 unspecified atom stereocenters. The average Bonchev–Trinajstić information content (AvgIpc) is 2.52. The van der Waals surface area contributed by atoms with Crippen molar-refractivity contribution in [2.45, 2.75) is 18.9 Å². The van der Waals surface area contributed by atoms with Crippen LogP contribution >= 0.6 is 0 Å². The van der Waals surface area contributed by atoms with Crippen LogP contribution in [0.5, 0.6) is 0 Å². The fourth-order valence-electron chi connectivity index (χ4n) is 2.65. The maximum absolute atomic E-state index is 12.0. The van der Waals surface area contributed by atoms with Crippen LogP contribution in [0.25, 0.3) is 0 Å². The van der Waals surface area contributed by atoms with E-state index in [0.29, 0.717) is 5.57 Å². The summed E-state index contributed by atoms with van der Waals surface area (Å²) in [6.07, 6.45) is 6.66. The van der Waals surface area contributed by atoms with Crippen molar-refractivity contribution >= 4 is 11.6 Å². The van der Waals surface area contributed by atoms with Crippen molar-refractivity contribution in [2.75, 3.05) is 45.8 Å². The number of ketones is 2. The molecule has 0 aromatic rings. The number of nitrogens with one attached hydrogen (secondary N) is 4. The highest BCUT2D eigenvalue weighted by molar-refractivity contribution is 6.48. The molecule has 1 aliphatic carbocycles. The molecule has 0 saturated carbocycles. The number of carbonyl (C=O) groups is 2. The van der Waals surface area contributed by atoms with Crippen LogP contribution < -0.4 is 21.3 Å². The third-order valence-electron chi connectivity index (χ3n) is 3.87. The molecule has 0 amide bonds. The summed E-state index contributed by atoms with van der Waals surface area (Å²) in [5.41, 5.74) is 0.583. The van der Waals surface area contributed by atoms with Gasteiger partial charge in [0.25, 0.3) is 0 Å². The Bertz CT molecular complexity index is 431. The highest BCUT2D eigenvalue weighted by atomic mass is 16.2. The van der Waals surface area contributed by atoms with Crippen LogP contribution in [0.3, 0.4) is 0 Å². The minimum absolute atomic E-state index is 0.0772. The van der Waals surface area contributed by atoms with Gasteiger partial charge in [0.15, 0.2) is 0 Å². The van der Waals surface area contributed by atoms with Gasteiger partial charge in [-0.2, -0.15) is 0 Å². The van der Waals surface area contributed by atoms with Gasteiger partial charge in [-0.25, -0.2) is 0 Å². The Balaban J connectivity index is 1.93. The largest absolute Gasteiger partial charge is 0.315 e. The van der Waals surface area contributed by atoms with Crippen LogP contribution in [0.15, 0.2) is 23.8 Å². The quantitative estimate of drug-likeness (QED) is 0.373. The Morgan fingerprint density at radius 1 is 0.864 bits per heavy atom. The summed E-state index contributed by atoms with van der Waals surface area (Å²) in [5.74, 6) is -0.801. The van der Waals surface area contributed by atoms with Crippen LogP contribution in [0.1, 0.15) is 12.8 Å². The van der Waals surface area contributed by atoms with Crippen LogP contribution in [-0.4, -0.2) is 63.4 Å². The van der Waals surface area contributed by atoms with Gasteiger partial charge in [-0.05, 0) is 38.6 Å². The number of rotatable bonds is 1. The van der Waals surface area contributed by atoms with Gasteiger partial charge in [-0.3, -0.25) is 9.59 Å². The second kappa shape index (κ2) is 9.63. The maximum atomic E-state index is 12.0. The summed E-state index contributed by atoms with van der Waals surface area (Å²) in [4.78, 5) is 23.6. The van der Waals surface area contributed by atoms with E-state index in [0.717, 1.165) is 58.7 Å². The maximum Gasteiger partial charge on any atom is 0.230 e. The molecular formula is C16H26N4O2. The molecule has 6 nitrogen and oxygen atoms in total. The molecule has 4 N–H and O–H groups in total. The monoisotopic (exact) mass is 306 g/mol.